The average molecular weight is 343 g/mol. The quantitative estimate of drug-likeness (QED) is 0.841. The lowest BCUT2D eigenvalue weighted by atomic mass is 9.81. The maximum Gasteiger partial charge on any atom is 0.355 e. The second-order valence-electron chi connectivity index (χ2n) is 6.68. The van der Waals surface area contributed by atoms with Gasteiger partial charge in [-0.2, -0.15) is 0 Å². The number of carbonyl (C=O) groups excluding carboxylic acids is 2. The Hall–Kier alpha value is -2.43. The third kappa shape index (κ3) is 3.36. The van der Waals surface area contributed by atoms with Crippen molar-refractivity contribution in [3.05, 3.63) is 58.2 Å². The highest BCUT2D eigenvalue weighted by atomic mass is 19.1. The van der Waals surface area contributed by atoms with Crippen molar-refractivity contribution in [2.45, 2.75) is 52.1 Å². The summed E-state index contributed by atoms with van der Waals surface area (Å²) in [5.74, 6) is -0.728. The van der Waals surface area contributed by atoms with Gasteiger partial charge in [0.2, 0.25) is 0 Å². The number of fused-ring (bicyclic) bond motifs is 1. The van der Waals surface area contributed by atoms with Crippen molar-refractivity contribution in [2.75, 3.05) is 0 Å². The molecule has 2 atom stereocenters. The molecule has 0 saturated carbocycles. The Bertz CT molecular complexity index is 807. The molecule has 25 heavy (non-hydrogen) atoms. The molecule has 1 aromatic heterocycles. The van der Waals surface area contributed by atoms with Gasteiger partial charge in [-0.05, 0) is 55.9 Å². The molecule has 0 amide bonds. The van der Waals surface area contributed by atoms with Gasteiger partial charge in [-0.15, -0.1) is 0 Å². The first-order valence-corrected chi connectivity index (χ1v) is 8.61. The number of ether oxygens (including phenoxy) is 1. The van der Waals surface area contributed by atoms with Crippen LogP contribution in [0.1, 0.15) is 70.3 Å². The zero-order valence-corrected chi connectivity index (χ0v) is 14.7. The summed E-state index contributed by atoms with van der Waals surface area (Å²) in [6.07, 6.45) is 1.54. The minimum Gasteiger partial charge on any atom is -0.458 e. The van der Waals surface area contributed by atoms with Crippen molar-refractivity contribution < 1.29 is 18.7 Å². The zero-order valence-electron chi connectivity index (χ0n) is 14.7. The van der Waals surface area contributed by atoms with Gasteiger partial charge in [-0.25, -0.2) is 9.18 Å². The second kappa shape index (κ2) is 6.82. The molecule has 1 N–H and O–H groups in total. The van der Waals surface area contributed by atoms with E-state index in [4.69, 9.17) is 4.74 Å². The van der Waals surface area contributed by atoms with E-state index in [2.05, 4.69) is 4.98 Å². The maximum atomic E-state index is 13.1. The number of rotatable bonds is 4. The fourth-order valence-electron chi connectivity index (χ4n) is 3.33. The van der Waals surface area contributed by atoms with Crippen LogP contribution in [0.5, 0.6) is 0 Å². The highest BCUT2D eigenvalue weighted by molar-refractivity contribution is 6.03. The molecule has 0 bridgehead atoms. The number of aromatic nitrogens is 1. The van der Waals surface area contributed by atoms with Crippen molar-refractivity contribution in [3.8, 4) is 0 Å². The third-order valence-electron chi connectivity index (χ3n) is 4.92. The van der Waals surface area contributed by atoms with Crippen molar-refractivity contribution in [3.63, 3.8) is 0 Å². The van der Waals surface area contributed by atoms with E-state index in [0.717, 1.165) is 17.7 Å². The Labute approximate surface area is 146 Å². The van der Waals surface area contributed by atoms with E-state index in [1.165, 1.54) is 12.1 Å². The summed E-state index contributed by atoms with van der Waals surface area (Å²) < 4.78 is 18.5. The van der Waals surface area contributed by atoms with Crippen LogP contribution in [0.2, 0.25) is 0 Å². The molecule has 0 spiro atoms. The Morgan fingerprint density at radius 3 is 2.64 bits per heavy atom. The van der Waals surface area contributed by atoms with Crippen LogP contribution in [0, 0.1) is 12.7 Å². The number of Topliss-reactive ketones (excluding diaryl/α,β-unsaturated/α-hetero) is 1. The van der Waals surface area contributed by atoms with Gasteiger partial charge in [0, 0.05) is 17.7 Å². The molecule has 132 valence electrons. The Balaban J connectivity index is 1.89. The topological polar surface area (TPSA) is 59.2 Å². The van der Waals surface area contributed by atoms with Crippen molar-refractivity contribution >= 4 is 11.8 Å². The van der Waals surface area contributed by atoms with Gasteiger partial charge in [0.15, 0.2) is 5.78 Å². The number of esters is 1. The third-order valence-corrected chi connectivity index (χ3v) is 4.92. The van der Waals surface area contributed by atoms with Crippen LogP contribution in [0.15, 0.2) is 24.3 Å². The summed E-state index contributed by atoms with van der Waals surface area (Å²) in [5, 5.41) is 0. The smallest absolute Gasteiger partial charge is 0.355 e. The molecular formula is C20H22FNO3. The fourth-order valence-corrected chi connectivity index (χ4v) is 3.33. The van der Waals surface area contributed by atoms with E-state index >= 15 is 0 Å². The van der Waals surface area contributed by atoms with Crippen LogP contribution >= 0.6 is 0 Å². The number of halogens is 1. The van der Waals surface area contributed by atoms with E-state index in [9.17, 15) is 14.0 Å². The van der Waals surface area contributed by atoms with Crippen molar-refractivity contribution in [1.29, 1.82) is 0 Å². The molecule has 1 aromatic carbocycles. The lowest BCUT2D eigenvalue weighted by molar-refractivity contribution is 0.0327. The molecule has 0 radical (unpaired) electrons. The normalized spacial score (nSPS) is 17.9. The Morgan fingerprint density at radius 2 is 2.00 bits per heavy atom. The SMILES string of the molecule is CC[C@H](C)OC(=O)c1[nH]c2c(c1C)C(=O)C[C@H](c1ccc(F)cc1)C2. The second-order valence-corrected chi connectivity index (χ2v) is 6.68. The fraction of sp³-hybridized carbons (Fsp3) is 0.400. The molecule has 2 aromatic rings. The van der Waals surface area contributed by atoms with Gasteiger partial charge in [-0.1, -0.05) is 19.1 Å². The van der Waals surface area contributed by atoms with E-state index in [1.807, 2.05) is 13.8 Å². The number of ketones is 1. The molecule has 4 nitrogen and oxygen atoms in total. The lowest BCUT2D eigenvalue weighted by Crippen LogP contribution is -2.18. The van der Waals surface area contributed by atoms with E-state index in [1.54, 1.807) is 19.1 Å². The predicted octanol–water partition coefficient (Wildman–Crippen LogP) is 4.33. The van der Waals surface area contributed by atoms with Crippen LogP contribution < -0.4 is 0 Å². The van der Waals surface area contributed by atoms with Crippen LogP contribution in [0.4, 0.5) is 4.39 Å². The largest absolute Gasteiger partial charge is 0.458 e. The van der Waals surface area contributed by atoms with Crippen LogP contribution in [-0.2, 0) is 11.2 Å². The summed E-state index contributed by atoms with van der Waals surface area (Å²) in [5.41, 5.74) is 3.31. The van der Waals surface area contributed by atoms with Crippen molar-refractivity contribution in [2.24, 2.45) is 0 Å². The summed E-state index contributed by atoms with van der Waals surface area (Å²) in [4.78, 5) is 28.1. The number of nitrogens with one attached hydrogen (secondary N) is 1. The summed E-state index contributed by atoms with van der Waals surface area (Å²) >= 11 is 0. The first kappa shape index (κ1) is 17.4. The first-order valence-electron chi connectivity index (χ1n) is 8.61. The molecule has 1 aliphatic carbocycles. The number of hydrogen-bond donors (Lipinski definition) is 1. The van der Waals surface area contributed by atoms with E-state index < -0.39 is 5.97 Å². The molecule has 3 rings (SSSR count). The molecular weight excluding hydrogens is 321 g/mol. The van der Waals surface area contributed by atoms with Crippen molar-refractivity contribution in [1.82, 2.24) is 4.98 Å². The number of H-pyrrole nitrogens is 1. The monoisotopic (exact) mass is 343 g/mol. The number of carbonyl (C=O) groups is 2. The highest BCUT2D eigenvalue weighted by Crippen LogP contribution is 2.35. The molecule has 1 heterocycles. The molecule has 1 aliphatic rings. The van der Waals surface area contributed by atoms with Gasteiger partial charge in [-0.3, -0.25) is 4.79 Å². The molecule has 5 heteroatoms. The van der Waals surface area contributed by atoms with Gasteiger partial charge < -0.3 is 9.72 Å². The highest BCUT2D eigenvalue weighted by Gasteiger charge is 2.32. The van der Waals surface area contributed by atoms with Gasteiger partial charge in [0.05, 0.1) is 6.10 Å². The predicted molar refractivity (Wildman–Crippen MR) is 92.5 cm³/mol. The minimum absolute atomic E-state index is 0.00640. The van der Waals surface area contributed by atoms with Crippen LogP contribution in [0.25, 0.3) is 0 Å². The molecule has 0 aliphatic heterocycles. The standard InChI is InChI=1S/C20H22FNO3/c1-4-11(2)25-20(24)19-12(3)18-16(22-19)9-14(10-17(18)23)13-5-7-15(21)8-6-13/h5-8,11,14,22H,4,9-10H2,1-3H3/t11-,14+/m0/s1. The lowest BCUT2D eigenvalue weighted by Gasteiger charge is -2.22. The Morgan fingerprint density at radius 1 is 1.32 bits per heavy atom. The number of aromatic amines is 1. The van der Waals surface area contributed by atoms with Gasteiger partial charge in [0.25, 0.3) is 0 Å². The van der Waals surface area contributed by atoms with E-state index in [-0.39, 0.29) is 23.6 Å². The minimum atomic E-state index is -0.424. The number of benzene rings is 1. The first-order chi connectivity index (χ1) is 11.9. The van der Waals surface area contributed by atoms with Gasteiger partial charge in [0.1, 0.15) is 11.5 Å². The number of hydrogen-bond acceptors (Lipinski definition) is 3. The molecule has 0 saturated heterocycles. The van der Waals surface area contributed by atoms with Crippen LogP contribution in [0.3, 0.4) is 0 Å². The van der Waals surface area contributed by atoms with E-state index in [0.29, 0.717) is 29.7 Å². The Kier molecular flexibility index (Phi) is 4.75. The van der Waals surface area contributed by atoms with Gasteiger partial charge >= 0.3 is 5.97 Å². The maximum absolute atomic E-state index is 13.1. The summed E-state index contributed by atoms with van der Waals surface area (Å²) in [6, 6.07) is 6.24. The molecule has 0 fully saturated rings. The van der Waals surface area contributed by atoms with Crippen LogP contribution in [-0.4, -0.2) is 22.8 Å². The molecule has 0 unspecified atom stereocenters. The zero-order chi connectivity index (χ0) is 18.1. The average Bonchev–Trinajstić information content (AvgIpc) is 2.92. The summed E-state index contributed by atoms with van der Waals surface area (Å²) in [6.45, 7) is 5.56. The summed E-state index contributed by atoms with van der Waals surface area (Å²) in [7, 11) is 0.